The van der Waals surface area contributed by atoms with Gasteiger partial charge in [0.25, 0.3) is 0 Å². The fourth-order valence-corrected chi connectivity index (χ4v) is 3.58. The average molecular weight is 297 g/mol. The number of anilines is 1. The van der Waals surface area contributed by atoms with Crippen LogP contribution >= 0.6 is 11.3 Å². The molecule has 5 nitrogen and oxygen atoms in total. The summed E-state index contributed by atoms with van der Waals surface area (Å²) in [4.78, 5) is 22.0. The Balaban J connectivity index is 2.20. The molecule has 20 heavy (non-hydrogen) atoms. The molecule has 6 heteroatoms. The van der Waals surface area contributed by atoms with Gasteiger partial charge >= 0.3 is 5.97 Å². The van der Waals surface area contributed by atoms with Crippen LogP contribution in [0, 0.1) is 6.92 Å². The van der Waals surface area contributed by atoms with Crippen molar-refractivity contribution in [1.29, 1.82) is 0 Å². The third-order valence-electron chi connectivity index (χ3n) is 3.55. The summed E-state index contributed by atoms with van der Waals surface area (Å²) < 4.78 is 5.06. The summed E-state index contributed by atoms with van der Waals surface area (Å²) >= 11 is 1.58. The summed E-state index contributed by atoms with van der Waals surface area (Å²) in [7, 11) is 2.15. The predicted molar refractivity (Wildman–Crippen MR) is 81.7 cm³/mol. The van der Waals surface area contributed by atoms with E-state index in [0.29, 0.717) is 18.3 Å². The zero-order chi connectivity index (χ0) is 14.7. The highest BCUT2D eigenvalue weighted by Gasteiger charge is 2.25. The van der Waals surface area contributed by atoms with E-state index in [1.54, 1.807) is 11.3 Å². The minimum Gasteiger partial charge on any atom is -0.461 e. The van der Waals surface area contributed by atoms with Gasteiger partial charge in [0.1, 0.15) is 0 Å². The number of hydrogen-bond acceptors (Lipinski definition) is 6. The van der Waals surface area contributed by atoms with E-state index < -0.39 is 0 Å². The number of carbonyl (C=O) groups is 1. The summed E-state index contributed by atoms with van der Waals surface area (Å²) in [5.41, 5.74) is 0.469. The van der Waals surface area contributed by atoms with Gasteiger partial charge in [-0.15, -0.1) is 11.3 Å². The first-order valence-electron chi connectivity index (χ1n) is 7.12. The Labute approximate surface area is 124 Å². The number of esters is 1. The van der Waals surface area contributed by atoms with Crippen LogP contribution in [0.2, 0.25) is 0 Å². The number of thiazole rings is 1. The first kappa shape index (κ1) is 15.3. The van der Waals surface area contributed by atoms with Gasteiger partial charge in [0.2, 0.25) is 0 Å². The van der Waals surface area contributed by atoms with Crippen LogP contribution in [0.3, 0.4) is 0 Å². The van der Waals surface area contributed by atoms with Crippen LogP contribution in [-0.4, -0.2) is 55.2 Å². The van der Waals surface area contributed by atoms with Gasteiger partial charge in [-0.3, -0.25) is 0 Å². The van der Waals surface area contributed by atoms with Crippen molar-refractivity contribution in [2.45, 2.75) is 33.2 Å². The minimum absolute atomic E-state index is 0.313. The number of ether oxygens (including phenoxy) is 1. The lowest BCUT2D eigenvalue weighted by molar-refractivity contribution is 0.0519. The van der Waals surface area contributed by atoms with Gasteiger partial charge in [-0.1, -0.05) is 0 Å². The summed E-state index contributed by atoms with van der Waals surface area (Å²) in [6, 6.07) is 0.406. The molecule has 0 radical (unpaired) electrons. The number of rotatable bonds is 3. The molecule has 0 aliphatic carbocycles. The average Bonchev–Trinajstić information content (AvgIpc) is 2.67. The van der Waals surface area contributed by atoms with Crippen LogP contribution < -0.4 is 4.90 Å². The van der Waals surface area contributed by atoms with Crippen molar-refractivity contribution < 1.29 is 9.53 Å². The maximum atomic E-state index is 11.9. The molecule has 112 valence electrons. The first-order valence-corrected chi connectivity index (χ1v) is 7.94. The summed E-state index contributed by atoms with van der Waals surface area (Å²) in [5, 5.41) is 0.938. The maximum absolute atomic E-state index is 11.9. The topological polar surface area (TPSA) is 45.7 Å². The molecule has 0 N–H and O–H groups in total. The van der Waals surface area contributed by atoms with Crippen LogP contribution in [0.5, 0.6) is 0 Å². The van der Waals surface area contributed by atoms with Crippen LogP contribution in [0.15, 0.2) is 0 Å². The third kappa shape index (κ3) is 3.30. The zero-order valence-electron chi connectivity index (χ0n) is 12.7. The molecule has 2 heterocycles. The molecule has 1 fully saturated rings. The summed E-state index contributed by atoms with van der Waals surface area (Å²) in [6.45, 7) is 9.46. The third-order valence-corrected chi connectivity index (χ3v) is 4.55. The van der Waals surface area contributed by atoms with E-state index in [9.17, 15) is 4.79 Å². The fourth-order valence-electron chi connectivity index (χ4n) is 2.55. The molecule has 1 aromatic rings. The number of nitrogens with zero attached hydrogens (tertiary/aromatic N) is 3. The van der Waals surface area contributed by atoms with Gasteiger partial charge < -0.3 is 14.5 Å². The number of aryl methyl sites for hydroxylation is 1. The normalized spacial score (nSPS) is 20.8. The highest BCUT2D eigenvalue weighted by Crippen LogP contribution is 2.28. The molecular weight excluding hydrogens is 274 g/mol. The Morgan fingerprint density at radius 3 is 2.95 bits per heavy atom. The SMILES string of the molecule is CCOC(=O)c1nc(N2CCCN(C)CC2C)sc1C. The molecule has 1 saturated heterocycles. The molecule has 0 bridgehead atoms. The van der Waals surface area contributed by atoms with Gasteiger partial charge in [0.15, 0.2) is 10.8 Å². The number of likely N-dealkylation sites (N-methyl/N-ethyl adjacent to an activating group) is 1. The zero-order valence-corrected chi connectivity index (χ0v) is 13.5. The van der Waals surface area contributed by atoms with E-state index in [0.717, 1.165) is 36.1 Å². The largest absolute Gasteiger partial charge is 0.461 e. The van der Waals surface area contributed by atoms with Crippen molar-refractivity contribution in [2.75, 3.05) is 38.2 Å². The monoisotopic (exact) mass is 297 g/mol. The minimum atomic E-state index is -0.313. The highest BCUT2D eigenvalue weighted by molar-refractivity contribution is 7.15. The second kappa shape index (κ2) is 6.54. The summed E-state index contributed by atoms with van der Waals surface area (Å²) in [5.74, 6) is -0.313. The van der Waals surface area contributed by atoms with E-state index in [2.05, 4.69) is 28.8 Å². The number of aromatic nitrogens is 1. The molecule has 0 amide bonds. The van der Waals surface area contributed by atoms with E-state index >= 15 is 0 Å². The highest BCUT2D eigenvalue weighted by atomic mass is 32.1. The second-order valence-electron chi connectivity index (χ2n) is 5.28. The molecule has 1 aliphatic rings. The van der Waals surface area contributed by atoms with Crippen LogP contribution in [-0.2, 0) is 4.74 Å². The molecule has 1 aliphatic heterocycles. The van der Waals surface area contributed by atoms with Crippen molar-refractivity contribution in [3.8, 4) is 0 Å². The van der Waals surface area contributed by atoms with Crippen molar-refractivity contribution in [1.82, 2.24) is 9.88 Å². The lowest BCUT2D eigenvalue weighted by Gasteiger charge is -2.27. The van der Waals surface area contributed by atoms with Crippen molar-refractivity contribution in [3.05, 3.63) is 10.6 Å². The molecule has 0 saturated carbocycles. The number of carbonyl (C=O) groups excluding carboxylic acids is 1. The van der Waals surface area contributed by atoms with Crippen LogP contribution in [0.25, 0.3) is 0 Å². The van der Waals surface area contributed by atoms with Crippen molar-refractivity contribution in [3.63, 3.8) is 0 Å². The first-order chi connectivity index (χ1) is 9.52. The van der Waals surface area contributed by atoms with Gasteiger partial charge in [0.05, 0.1) is 6.61 Å². The summed E-state index contributed by atoms with van der Waals surface area (Å²) in [6.07, 6.45) is 1.12. The van der Waals surface area contributed by atoms with Gasteiger partial charge in [-0.05, 0) is 40.8 Å². The van der Waals surface area contributed by atoms with E-state index in [1.165, 1.54) is 0 Å². The smallest absolute Gasteiger partial charge is 0.358 e. The van der Waals surface area contributed by atoms with Gasteiger partial charge in [-0.25, -0.2) is 9.78 Å². The molecule has 1 aromatic heterocycles. The Kier molecular flexibility index (Phi) is 4.99. The van der Waals surface area contributed by atoms with Crippen molar-refractivity contribution >= 4 is 22.4 Å². The van der Waals surface area contributed by atoms with Gasteiger partial charge in [0, 0.05) is 24.0 Å². The predicted octanol–water partition coefficient (Wildman–Crippen LogP) is 2.16. The quantitative estimate of drug-likeness (QED) is 0.800. The maximum Gasteiger partial charge on any atom is 0.358 e. The molecule has 1 atom stereocenters. The van der Waals surface area contributed by atoms with E-state index in [-0.39, 0.29) is 5.97 Å². The van der Waals surface area contributed by atoms with Crippen LogP contribution in [0.1, 0.15) is 35.6 Å². The standard InChI is InChI=1S/C14H23N3O2S/c1-5-19-13(18)12-11(3)20-14(15-12)17-8-6-7-16(4)9-10(17)2/h10H,5-9H2,1-4H3. The van der Waals surface area contributed by atoms with Crippen molar-refractivity contribution in [2.24, 2.45) is 0 Å². The molecular formula is C14H23N3O2S. The molecule has 1 unspecified atom stereocenters. The Morgan fingerprint density at radius 1 is 1.50 bits per heavy atom. The Bertz CT molecular complexity index is 475. The Hall–Kier alpha value is -1.14. The Morgan fingerprint density at radius 2 is 2.25 bits per heavy atom. The lowest BCUT2D eigenvalue weighted by Crippen LogP contribution is -2.37. The number of hydrogen-bond donors (Lipinski definition) is 0. The molecule has 0 aromatic carbocycles. The lowest BCUT2D eigenvalue weighted by atomic mass is 10.3. The molecule has 0 spiro atoms. The van der Waals surface area contributed by atoms with E-state index in [4.69, 9.17) is 4.74 Å². The van der Waals surface area contributed by atoms with Gasteiger partial charge in [-0.2, -0.15) is 0 Å². The van der Waals surface area contributed by atoms with E-state index in [1.807, 2.05) is 13.8 Å². The second-order valence-corrected chi connectivity index (χ2v) is 6.46. The molecule has 2 rings (SSSR count). The van der Waals surface area contributed by atoms with Crippen LogP contribution in [0.4, 0.5) is 5.13 Å². The fraction of sp³-hybridized carbons (Fsp3) is 0.714.